The highest BCUT2D eigenvalue weighted by molar-refractivity contribution is 5.69. The Hall–Kier alpha value is -0.610. The summed E-state index contributed by atoms with van der Waals surface area (Å²) in [6.45, 7) is 5.23. The molecule has 0 rings (SSSR count). The van der Waals surface area contributed by atoms with E-state index in [1.807, 2.05) is 4.90 Å². The molecule has 150 valence electrons. The molecule has 1 atom stereocenters. The SMILES string of the molecule is CCCCCCCCCCCCCCCCN(CC(=O)O)CC(C)O. The number of rotatable bonds is 19. The van der Waals surface area contributed by atoms with Crippen LogP contribution in [0.3, 0.4) is 0 Å². The first kappa shape index (κ1) is 24.4. The molecule has 0 amide bonds. The summed E-state index contributed by atoms with van der Waals surface area (Å²) in [7, 11) is 0. The van der Waals surface area contributed by atoms with Crippen LogP contribution in [0, 0.1) is 0 Å². The first-order valence-electron chi connectivity index (χ1n) is 10.7. The van der Waals surface area contributed by atoms with Crippen molar-refractivity contribution in [3.8, 4) is 0 Å². The zero-order valence-corrected chi connectivity index (χ0v) is 16.8. The minimum Gasteiger partial charge on any atom is -0.480 e. The highest BCUT2D eigenvalue weighted by Crippen LogP contribution is 2.13. The standard InChI is InChI=1S/C21H43NO3/c1-3-4-5-6-7-8-9-10-11-12-13-14-15-16-17-22(18-20(2)23)19-21(24)25/h20,23H,3-19H2,1-2H3,(H,24,25). The lowest BCUT2D eigenvalue weighted by molar-refractivity contribution is -0.138. The zero-order chi connectivity index (χ0) is 18.8. The molecule has 0 aliphatic rings. The molecule has 25 heavy (non-hydrogen) atoms. The van der Waals surface area contributed by atoms with Gasteiger partial charge in [-0.3, -0.25) is 9.69 Å². The van der Waals surface area contributed by atoms with E-state index in [9.17, 15) is 9.90 Å². The van der Waals surface area contributed by atoms with E-state index in [-0.39, 0.29) is 6.54 Å². The van der Waals surface area contributed by atoms with Crippen LogP contribution in [-0.4, -0.2) is 46.8 Å². The Morgan fingerprint density at radius 3 is 1.56 bits per heavy atom. The minimum atomic E-state index is -0.814. The van der Waals surface area contributed by atoms with Crippen molar-refractivity contribution in [1.29, 1.82) is 0 Å². The maximum atomic E-state index is 10.8. The third-order valence-electron chi connectivity index (χ3n) is 4.71. The van der Waals surface area contributed by atoms with Gasteiger partial charge in [0.05, 0.1) is 12.6 Å². The van der Waals surface area contributed by atoms with Crippen LogP contribution in [0.4, 0.5) is 0 Å². The van der Waals surface area contributed by atoms with Crippen LogP contribution in [0.2, 0.25) is 0 Å². The topological polar surface area (TPSA) is 60.8 Å². The lowest BCUT2D eigenvalue weighted by Crippen LogP contribution is -2.36. The molecular formula is C21H43NO3. The summed E-state index contributed by atoms with van der Waals surface area (Å²) in [5, 5.41) is 18.3. The number of nitrogens with zero attached hydrogens (tertiary/aromatic N) is 1. The van der Waals surface area contributed by atoms with Crippen LogP contribution in [0.1, 0.15) is 104 Å². The minimum absolute atomic E-state index is 0.0311. The Morgan fingerprint density at radius 1 is 0.800 bits per heavy atom. The van der Waals surface area contributed by atoms with E-state index in [1.165, 1.54) is 77.0 Å². The zero-order valence-electron chi connectivity index (χ0n) is 16.8. The first-order valence-corrected chi connectivity index (χ1v) is 10.7. The van der Waals surface area contributed by atoms with Crippen LogP contribution >= 0.6 is 0 Å². The second kappa shape index (κ2) is 18.2. The van der Waals surface area contributed by atoms with Crippen molar-refractivity contribution in [1.82, 2.24) is 4.90 Å². The Kier molecular flexibility index (Phi) is 17.7. The van der Waals surface area contributed by atoms with Gasteiger partial charge in [-0.15, -0.1) is 0 Å². The number of aliphatic hydroxyl groups excluding tert-OH is 1. The van der Waals surface area contributed by atoms with Gasteiger partial charge >= 0.3 is 5.97 Å². The maximum Gasteiger partial charge on any atom is 0.317 e. The van der Waals surface area contributed by atoms with Gasteiger partial charge in [-0.2, -0.15) is 0 Å². The van der Waals surface area contributed by atoms with Gasteiger partial charge < -0.3 is 10.2 Å². The average molecular weight is 358 g/mol. The largest absolute Gasteiger partial charge is 0.480 e. The fourth-order valence-electron chi connectivity index (χ4n) is 3.33. The van der Waals surface area contributed by atoms with Crippen LogP contribution < -0.4 is 0 Å². The summed E-state index contributed by atoms with van der Waals surface area (Å²) in [4.78, 5) is 12.7. The number of hydrogen-bond acceptors (Lipinski definition) is 3. The van der Waals surface area contributed by atoms with Gasteiger partial charge in [0.25, 0.3) is 0 Å². The molecule has 2 N–H and O–H groups in total. The molecular weight excluding hydrogens is 314 g/mol. The quantitative estimate of drug-likeness (QED) is 0.311. The summed E-state index contributed by atoms with van der Waals surface area (Å²) in [6.07, 6.45) is 18.1. The fourth-order valence-corrected chi connectivity index (χ4v) is 3.33. The third-order valence-corrected chi connectivity index (χ3v) is 4.71. The van der Waals surface area contributed by atoms with Gasteiger partial charge in [0.15, 0.2) is 0 Å². The Balaban J connectivity index is 3.35. The van der Waals surface area contributed by atoms with E-state index < -0.39 is 12.1 Å². The van der Waals surface area contributed by atoms with Crippen molar-refractivity contribution in [3.63, 3.8) is 0 Å². The molecule has 4 nitrogen and oxygen atoms in total. The van der Waals surface area contributed by atoms with Gasteiger partial charge in [0.1, 0.15) is 0 Å². The number of unbranched alkanes of at least 4 members (excludes halogenated alkanes) is 13. The van der Waals surface area contributed by atoms with Gasteiger partial charge in [-0.1, -0.05) is 90.4 Å². The van der Waals surface area contributed by atoms with Crippen molar-refractivity contribution in [2.45, 2.75) is 110 Å². The molecule has 0 aromatic carbocycles. The smallest absolute Gasteiger partial charge is 0.317 e. The molecule has 1 unspecified atom stereocenters. The highest BCUT2D eigenvalue weighted by Gasteiger charge is 2.11. The third kappa shape index (κ3) is 19.6. The van der Waals surface area contributed by atoms with E-state index in [2.05, 4.69) is 6.92 Å². The van der Waals surface area contributed by atoms with Crippen LogP contribution in [-0.2, 0) is 4.79 Å². The summed E-state index contributed by atoms with van der Waals surface area (Å²) in [5.41, 5.74) is 0. The summed E-state index contributed by atoms with van der Waals surface area (Å²) < 4.78 is 0. The normalized spacial score (nSPS) is 12.6. The van der Waals surface area contributed by atoms with Crippen molar-refractivity contribution in [2.24, 2.45) is 0 Å². The lowest BCUT2D eigenvalue weighted by atomic mass is 10.0. The van der Waals surface area contributed by atoms with E-state index >= 15 is 0 Å². The van der Waals surface area contributed by atoms with E-state index in [1.54, 1.807) is 6.92 Å². The van der Waals surface area contributed by atoms with Crippen LogP contribution in [0.15, 0.2) is 0 Å². The second-order valence-electron chi connectivity index (χ2n) is 7.57. The molecule has 0 aliphatic heterocycles. The Morgan fingerprint density at radius 2 is 1.20 bits per heavy atom. The fraction of sp³-hybridized carbons (Fsp3) is 0.952. The Labute approximate surface area is 156 Å². The molecule has 0 aliphatic carbocycles. The molecule has 0 heterocycles. The monoisotopic (exact) mass is 357 g/mol. The van der Waals surface area contributed by atoms with E-state index in [0.29, 0.717) is 6.54 Å². The van der Waals surface area contributed by atoms with Gasteiger partial charge in [-0.25, -0.2) is 0 Å². The number of hydrogen-bond donors (Lipinski definition) is 2. The van der Waals surface area contributed by atoms with Crippen molar-refractivity contribution < 1.29 is 15.0 Å². The van der Waals surface area contributed by atoms with Crippen LogP contribution in [0.5, 0.6) is 0 Å². The molecule has 0 spiro atoms. The first-order chi connectivity index (χ1) is 12.1. The number of carboxylic acid groups (broad SMARTS) is 1. The van der Waals surface area contributed by atoms with E-state index in [4.69, 9.17) is 5.11 Å². The molecule has 0 aromatic rings. The van der Waals surface area contributed by atoms with Gasteiger partial charge in [0.2, 0.25) is 0 Å². The highest BCUT2D eigenvalue weighted by atomic mass is 16.4. The molecule has 0 radical (unpaired) electrons. The summed E-state index contributed by atoms with van der Waals surface area (Å²) in [6, 6.07) is 0. The summed E-state index contributed by atoms with van der Waals surface area (Å²) >= 11 is 0. The molecule has 0 bridgehead atoms. The van der Waals surface area contributed by atoms with E-state index in [0.717, 1.165) is 19.4 Å². The van der Waals surface area contributed by atoms with Crippen molar-refractivity contribution >= 4 is 5.97 Å². The number of aliphatic carboxylic acids is 1. The number of aliphatic hydroxyl groups is 1. The molecule has 4 heteroatoms. The predicted octanol–water partition coefficient (Wildman–Crippen LogP) is 5.24. The molecule has 0 fully saturated rings. The summed E-state index contributed by atoms with van der Waals surface area (Å²) in [5.74, 6) is -0.814. The molecule has 0 saturated heterocycles. The van der Waals surface area contributed by atoms with Crippen LogP contribution in [0.25, 0.3) is 0 Å². The average Bonchev–Trinajstić information content (AvgIpc) is 2.54. The predicted molar refractivity (Wildman–Crippen MR) is 106 cm³/mol. The Bertz CT molecular complexity index is 295. The number of carbonyl (C=O) groups is 1. The molecule has 0 saturated carbocycles. The maximum absolute atomic E-state index is 10.8. The van der Waals surface area contributed by atoms with Gasteiger partial charge in [-0.05, 0) is 19.9 Å². The van der Waals surface area contributed by atoms with Crippen molar-refractivity contribution in [2.75, 3.05) is 19.6 Å². The second-order valence-corrected chi connectivity index (χ2v) is 7.57. The van der Waals surface area contributed by atoms with Crippen molar-refractivity contribution in [3.05, 3.63) is 0 Å². The number of carboxylic acids is 1. The lowest BCUT2D eigenvalue weighted by Gasteiger charge is -2.21. The molecule has 0 aromatic heterocycles. The van der Waals surface area contributed by atoms with Gasteiger partial charge in [0, 0.05) is 6.54 Å².